The number of aliphatic hydroxyl groups excluding tert-OH is 1. The molecule has 3 heteroatoms. The van der Waals surface area contributed by atoms with Gasteiger partial charge in [-0.3, -0.25) is 0 Å². The molecule has 0 radical (unpaired) electrons. The molecule has 1 N–H and O–H groups in total. The Kier molecular flexibility index (Phi) is 6.60. The van der Waals surface area contributed by atoms with Crippen molar-refractivity contribution in [2.45, 2.75) is 58.4 Å². The molecule has 0 saturated carbocycles. The largest absolute Gasteiger partial charge is 0.416 e. The van der Waals surface area contributed by atoms with Gasteiger partial charge < -0.3 is 9.53 Å². The summed E-state index contributed by atoms with van der Waals surface area (Å²) in [5.41, 5.74) is 2.00. The van der Waals surface area contributed by atoms with Crippen molar-refractivity contribution in [3.8, 4) is 0 Å². The van der Waals surface area contributed by atoms with Crippen LogP contribution in [-0.4, -0.2) is 20.0 Å². The number of hydrogen-bond donors (Lipinski definition) is 1. The molecular formula is C19H32O2Si. The minimum Gasteiger partial charge on any atom is -0.416 e. The van der Waals surface area contributed by atoms with Gasteiger partial charge >= 0.3 is 0 Å². The average Bonchev–Trinajstić information content (AvgIpc) is 2.44. The Morgan fingerprint density at radius 3 is 2.27 bits per heavy atom. The molecule has 2 atom stereocenters. The summed E-state index contributed by atoms with van der Waals surface area (Å²) in [5, 5.41) is 10.5. The average molecular weight is 321 g/mol. The van der Waals surface area contributed by atoms with Crippen LogP contribution >= 0.6 is 0 Å². The Hall–Kier alpha value is -0.903. The van der Waals surface area contributed by atoms with Gasteiger partial charge in [0.25, 0.3) is 0 Å². The third-order valence-corrected chi connectivity index (χ3v) is 9.34. The van der Waals surface area contributed by atoms with Crippen LogP contribution in [0, 0.1) is 5.92 Å². The van der Waals surface area contributed by atoms with Crippen LogP contribution in [0.25, 0.3) is 0 Å². The Morgan fingerprint density at radius 1 is 1.23 bits per heavy atom. The second-order valence-electron chi connectivity index (χ2n) is 7.76. The Morgan fingerprint density at radius 2 is 1.77 bits per heavy atom. The van der Waals surface area contributed by atoms with Crippen LogP contribution in [0.5, 0.6) is 0 Å². The molecule has 0 bridgehead atoms. The zero-order chi connectivity index (χ0) is 17.0. The van der Waals surface area contributed by atoms with E-state index in [2.05, 4.69) is 47.4 Å². The first-order valence-electron chi connectivity index (χ1n) is 8.09. The third kappa shape index (κ3) is 5.38. The van der Waals surface area contributed by atoms with E-state index >= 15 is 0 Å². The van der Waals surface area contributed by atoms with Gasteiger partial charge in [0, 0.05) is 6.61 Å². The summed E-state index contributed by atoms with van der Waals surface area (Å²) in [4.78, 5) is 0. The lowest BCUT2D eigenvalue weighted by Gasteiger charge is -2.37. The van der Waals surface area contributed by atoms with Crippen LogP contribution in [0.2, 0.25) is 18.1 Å². The standard InChI is InChI=1S/C19H32O2Si/c1-15(13-18(20)17-11-9-8-10-12-17)16(2)14-21-22(6,7)19(3,4)5/h8-12,16,18,20H,1,13-14H2,2-7H3/t16-,18-/m1/s1. The summed E-state index contributed by atoms with van der Waals surface area (Å²) >= 11 is 0. The van der Waals surface area contributed by atoms with Gasteiger partial charge in [0.05, 0.1) is 6.10 Å². The summed E-state index contributed by atoms with van der Waals surface area (Å²) in [5.74, 6) is 0.257. The predicted octanol–water partition coefficient (Wildman–Crippen LogP) is 5.32. The van der Waals surface area contributed by atoms with Crippen LogP contribution in [0.3, 0.4) is 0 Å². The molecule has 1 rings (SSSR count). The molecule has 0 amide bonds. The number of hydrogen-bond acceptors (Lipinski definition) is 2. The van der Waals surface area contributed by atoms with Crippen molar-refractivity contribution >= 4 is 8.32 Å². The van der Waals surface area contributed by atoms with Crippen LogP contribution < -0.4 is 0 Å². The van der Waals surface area contributed by atoms with Gasteiger partial charge in [0.2, 0.25) is 0 Å². The molecule has 0 aliphatic heterocycles. The Labute approximate surface area is 137 Å². The Bertz CT molecular complexity index is 474. The SMILES string of the molecule is C=C(C[C@@H](O)c1ccccc1)[C@H](C)CO[Si](C)(C)C(C)(C)C. The number of aliphatic hydroxyl groups is 1. The summed E-state index contributed by atoms with van der Waals surface area (Å²) in [6, 6.07) is 9.76. The smallest absolute Gasteiger partial charge is 0.192 e. The highest BCUT2D eigenvalue weighted by Crippen LogP contribution is 2.37. The van der Waals surface area contributed by atoms with E-state index in [1.807, 2.05) is 30.3 Å². The van der Waals surface area contributed by atoms with E-state index in [4.69, 9.17) is 4.43 Å². The monoisotopic (exact) mass is 320 g/mol. The summed E-state index contributed by atoms with van der Waals surface area (Å²) in [6.07, 6.45) is 0.107. The maximum absolute atomic E-state index is 10.3. The van der Waals surface area contributed by atoms with Gasteiger partial charge in [-0.2, -0.15) is 0 Å². The first-order chi connectivity index (χ1) is 10.0. The predicted molar refractivity (Wildman–Crippen MR) is 97.5 cm³/mol. The van der Waals surface area contributed by atoms with Crippen LogP contribution in [0.15, 0.2) is 42.5 Å². The molecule has 0 aliphatic carbocycles. The number of benzene rings is 1. The summed E-state index contributed by atoms with van der Waals surface area (Å²) in [6.45, 7) is 18.3. The van der Waals surface area contributed by atoms with Crippen molar-refractivity contribution in [2.24, 2.45) is 5.92 Å². The molecule has 124 valence electrons. The Balaban J connectivity index is 2.52. The fourth-order valence-electron chi connectivity index (χ4n) is 1.91. The molecule has 0 saturated heterocycles. The molecular weight excluding hydrogens is 288 g/mol. The lowest BCUT2D eigenvalue weighted by atomic mass is 9.95. The van der Waals surface area contributed by atoms with Crippen LogP contribution in [-0.2, 0) is 4.43 Å². The highest BCUT2D eigenvalue weighted by Gasteiger charge is 2.37. The van der Waals surface area contributed by atoms with Crippen LogP contribution in [0.1, 0.15) is 45.8 Å². The minimum absolute atomic E-state index is 0.220. The van der Waals surface area contributed by atoms with E-state index in [1.165, 1.54) is 0 Å². The first-order valence-corrected chi connectivity index (χ1v) is 11.0. The molecule has 22 heavy (non-hydrogen) atoms. The zero-order valence-electron chi connectivity index (χ0n) is 15.0. The quantitative estimate of drug-likeness (QED) is 0.544. The highest BCUT2D eigenvalue weighted by atomic mass is 28.4. The maximum atomic E-state index is 10.3. The summed E-state index contributed by atoms with van der Waals surface area (Å²) < 4.78 is 6.26. The lowest BCUT2D eigenvalue weighted by Crippen LogP contribution is -2.41. The second kappa shape index (κ2) is 7.58. The van der Waals surface area contributed by atoms with Crippen molar-refractivity contribution in [1.29, 1.82) is 0 Å². The maximum Gasteiger partial charge on any atom is 0.192 e. The van der Waals surface area contributed by atoms with Gasteiger partial charge in [-0.15, -0.1) is 0 Å². The van der Waals surface area contributed by atoms with Gasteiger partial charge in [-0.25, -0.2) is 0 Å². The molecule has 0 unspecified atom stereocenters. The van der Waals surface area contributed by atoms with E-state index < -0.39 is 14.4 Å². The number of rotatable bonds is 7. The van der Waals surface area contributed by atoms with E-state index in [9.17, 15) is 5.11 Å². The summed E-state index contributed by atoms with van der Waals surface area (Å²) in [7, 11) is -1.72. The topological polar surface area (TPSA) is 29.5 Å². The van der Waals surface area contributed by atoms with E-state index in [0.29, 0.717) is 13.0 Å². The fraction of sp³-hybridized carbons (Fsp3) is 0.579. The third-order valence-electron chi connectivity index (χ3n) is 4.84. The molecule has 0 spiro atoms. The molecule has 2 nitrogen and oxygen atoms in total. The van der Waals surface area contributed by atoms with Crippen molar-refractivity contribution in [1.82, 2.24) is 0 Å². The molecule has 0 aliphatic rings. The minimum atomic E-state index is -1.72. The van der Waals surface area contributed by atoms with Crippen molar-refractivity contribution in [2.75, 3.05) is 6.61 Å². The molecule has 0 fully saturated rings. The van der Waals surface area contributed by atoms with E-state index in [1.54, 1.807) is 0 Å². The normalized spacial score (nSPS) is 15.4. The van der Waals surface area contributed by atoms with Crippen LogP contribution in [0.4, 0.5) is 0 Å². The fourth-order valence-corrected chi connectivity index (χ4v) is 3.01. The lowest BCUT2D eigenvalue weighted by molar-refractivity contribution is 0.170. The molecule has 0 aromatic heterocycles. The van der Waals surface area contributed by atoms with Gasteiger partial charge in [-0.1, -0.05) is 70.2 Å². The first kappa shape index (κ1) is 19.1. The van der Waals surface area contributed by atoms with E-state index in [0.717, 1.165) is 11.1 Å². The van der Waals surface area contributed by atoms with E-state index in [-0.39, 0.29) is 11.0 Å². The van der Waals surface area contributed by atoms with Gasteiger partial charge in [-0.05, 0) is 36.0 Å². The van der Waals surface area contributed by atoms with Crippen molar-refractivity contribution in [3.63, 3.8) is 0 Å². The second-order valence-corrected chi connectivity index (χ2v) is 12.6. The molecule has 1 aromatic carbocycles. The molecule has 1 aromatic rings. The zero-order valence-corrected chi connectivity index (χ0v) is 16.0. The van der Waals surface area contributed by atoms with Crippen molar-refractivity contribution < 1.29 is 9.53 Å². The van der Waals surface area contributed by atoms with Gasteiger partial charge in [0.1, 0.15) is 0 Å². The molecule has 0 heterocycles. The van der Waals surface area contributed by atoms with Crippen molar-refractivity contribution in [3.05, 3.63) is 48.0 Å². The highest BCUT2D eigenvalue weighted by molar-refractivity contribution is 6.74. The van der Waals surface area contributed by atoms with Gasteiger partial charge in [0.15, 0.2) is 8.32 Å².